The van der Waals surface area contributed by atoms with E-state index in [1.54, 1.807) is 0 Å². The van der Waals surface area contributed by atoms with Crippen LogP contribution in [0.2, 0.25) is 0 Å². The molecule has 0 saturated carbocycles. The van der Waals surface area contributed by atoms with E-state index >= 15 is 0 Å². The molecule has 0 spiro atoms. The standard InChI is InChI=1S/C19H24N2O4/c1-12(2)9-13-11-25-8-7-21(13)19(24)18-15(10-17(22)23)14-5-3-4-6-16(14)20-18/h3-6,12-13,20H,7-11H2,1-2H3,(H,22,23)/t13-/m1/s1. The summed E-state index contributed by atoms with van der Waals surface area (Å²) in [5, 5.41) is 10.1. The van der Waals surface area contributed by atoms with Crippen molar-refractivity contribution in [1.29, 1.82) is 0 Å². The maximum atomic E-state index is 13.2. The van der Waals surface area contributed by atoms with Crippen molar-refractivity contribution in [1.82, 2.24) is 9.88 Å². The third-order valence-electron chi connectivity index (χ3n) is 4.59. The summed E-state index contributed by atoms with van der Waals surface area (Å²) in [4.78, 5) is 29.5. The number of hydrogen-bond acceptors (Lipinski definition) is 3. The minimum absolute atomic E-state index is 0.0188. The number of nitrogens with zero attached hydrogens (tertiary/aromatic N) is 1. The van der Waals surface area contributed by atoms with Gasteiger partial charge in [-0.1, -0.05) is 32.0 Å². The zero-order valence-electron chi connectivity index (χ0n) is 14.6. The molecule has 1 aromatic carbocycles. The Balaban J connectivity index is 1.99. The fraction of sp³-hybridized carbons (Fsp3) is 0.474. The van der Waals surface area contributed by atoms with Crippen molar-refractivity contribution >= 4 is 22.8 Å². The van der Waals surface area contributed by atoms with Gasteiger partial charge in [-0.2, -0.15) is 0 Å². The lowest BCUT2D eigenvalue weighted by Crippen LogP contribution is -2.49. The van der Waals surface area contributed by atoms with E-state index < -0.39 is 5.97 Å². The molecule has 2 aromatic rings. The fourth-order valence-electron chi connectivity index (χ4n) is 3.52. The normalized spacial score (nSPS) is 18.0. The largest absolute Gasteiger partial charge is 0.481 e. The van der Waals surface area contributed by atoms with Crippen molar-refractivity contribution in [2.75, 3.05) is 19.8 Å². The van der Waals surface area contributed by atoms with E-state index in [4.69, 9.17) is 4.74 Å². The highest BCUT2D eigenvalue weighted by Gasteiger charge is 2.31. The predicted molar refractivity (Wildman–Crippen MR) is 94.7 cm³/mol. The predicted octanol–water partition coefficient (Wildman–Crippen LogP) is 2.68. The lowest BCUT2D eigenvalue weighted by Gasteiger charge is -2.36. The number of ether oxygens (including phenoxy) is 1. The van der Waals surface area contributed by atoms with Crippen LogP contribution in [0.15, 0.2) is 24.3 Å². The molecule has 1 saturated heterocycles. The van der Waals surface area contributed by atoms with Crippen LogP contribution in [-0.2, 0) is 16.0 Å². The summed E-state index contributed by atoms with van der Waals surface area (Å²) < 4.78 is 5.55. The summed E-state index contributed by atoms with van der Waals surface area (Å²) in [5.74, 6) is -0.635. The van der Waals surface area contributed by atoms with Crippen molar-refractivity contribution in [3.05, 3.63) is 35.5 Å². The minimum Gasteiger partial charge on any atom is -0.481 e. The molecule has 1 aromatic heterocycles. The van der Waals surface area contributed by atoms with Gasteiger partial charge in [-0.25, -0.2) is 0 Å². The molecule has 0 unspecified atom stereocenters. The zero-order valence-corrected chi connectivity index (χ0v) is 14.6. The Labute approximate surface area is 146 Å². The Bertz CT molecular complexity index is 781. The van der Waals surface area contributed by atoms with E-state index in [0.29, 0.717) is 36.9 Å². The Morgan fingerprint density at radius 2 is 2.12 bits per heavy atom. The summed E-state index contributed by atoms with van der Waals surface area (Å²) in [5.41, 5.74) is 1.73. The molecule has 1 atom stereocenters. The van der Waals surface area contributed by atoms with E-state index in [0.717, 1.165) is 17.3 Å². The Morgan fingerprint density at radius 1 is 1.36 bits per heavy atom. The molecule has 1 amide bonds. The van der Waals surface area contributed by atoms with E-state index in [9.17, 15) is 14.7 Å². The Hall–Kier alpha value is -2.34. The number of carboxylic acids is 1. The maximum Gasteiger partial charge on any atom is 0.307 e. The third-order valence-corrected chi connectivity index (χ3v) is 4.59. The van der Waals surface area contributed by atoms with Gasteiger partial charge in [0.05, 0.1) is 25.7 Å². The number of aliphatic carboxylic acids is 1. The average Bonchev–Trinajstić information content (AvgIpc) is 2.92. The molecule has 2 N–H and O–H groups in total. The van der Waals surface area contributed by atoms with E-state index in [1.165, 1.54) is 0 Å². The van der Waals surface area contributed by atoms with Crippen LogP contribution in [0.1, 0.15) is 36.3 Å². The maximum absolute atomic E-state index is 13.2. The van der Waals surface area contributed by atoms with Crippen molar-refractivity contribution in [2.45, 2.75) is 32.7 Å². The summed E-state index contributed by atoms with van der Waals surface area (Å²) in [6.07, 6.45) is 0.685. The highest BCUT2D eigenvalue weighted by atomic mass is 16.5. The number of carbonyl (C=O) groups is 2. The van der Waals surface area contributed by atoms with Crippen molar-refractivity contribution < 1.29 is 19.4 Å². The molecule has 134 valence electrons. The highest BCUT2D eigenvalue weighted by molar-refractivity contribution is 6.02. The second-order valence-corrected chi connectivity index (χ2v) is 6.95. The highest BCUT2D eigenvalue weighted by Crippen LogP contribution is 2.26. The van der Waals surface area contributed by atoms with Gasteiger partial charge < -0.3 is 19.7 Å². The summed E-state index contributed by atoms with van der Waals surface area (Å²) in [6.45, 7) is 5.80. The molecule has 6 heteroatoms. The number of carboxylic acid groups (broad SMARTS) is 1. The molecule has 0 bridgehead atoms. The first-order valence-corrected chi connectivity index (χ1v) is 8.67. The molecule has 1 fully saturated rings. The number of nitrogens with one attached hydrogen (secondary N) is 1. The molecule has 6 nitrogen and oxygen atoms in total. The van der Waals surface area contributed by atoms with Crippen LogP contribution in [0.5, 0.6) is 0 Å². The molecule has 2 heterocycles. The van der Waals surface area contributed by atoms with Crippen LogP contribution in [0, 0.1) is 5.92 Å². The SMILES string of the molecule is CC(C)C[C@@H]1COCCN1C(=O)c1[nH]c2ccccc2c1CC(=O)O. The van der Waals surface area contributed by atoms with Crippen LogP contribution >= 0.6 is 0 Å². The summed E-state index contributed by atoms with van der Waals surface area (Å²) in [7, 11) is 0. The number of fused-ring (bicyclic) bond motifs is 1. The van der Waals surface area contributed by atoms with E-state index in [2.05, 4.69) is 18.8 Å². The second-order valence-electron chi connectivity index (χ2n) is 6.95. The number of H-pyrrole nitrogens is 1. The quantitative estimate of drug-likeness (QED) is 0.874. The van der Waals surface area contributed by atoms with Gasteiger partial charge in [0.1, 0.15) is 5.69 Å². The van der Waals surface area contributed by atoms with Crippen LogP contribution in [0.4, 0.5) is 0 Å². The van der Waals surface area contributed by atoms with Gasteiger partial charge >= 0.3 is 5.97 Å². The number of para-hydroxylation sites is 1. The number of aromatic nitrogens is 1. The first-order valence-electron chi connectivity index (χ1n) is 8.67. The topological polar surface area (TPSA) is 82.6 Å². The van der Waals surface area contributed by atoms with Gasteiger partial charge in [-0.15, -0.1) is 0 Å². The third kappa shape index (κ3) is 3.69. The number of carbonyl (C=O) groups excluding carboxylic acids is 1. The van der Waals surface area contributed by atoms with Crippen molar-refractivity contribution in [3.8, 4) is 0 Å². The van der Waals surface area contributed by atoms with Crippen LogP contribution in [0.3, 0.4) is 0 Å². The monoisotopic (exact) mass is 344 g/mol. The number of hydrogen-bond donors (Lipinski definition) is 2. The van der Waals surface area contributed by atoms with Gasteiger partial charge in [0.2, 0.25) is 0 Å². The van der Waals surface area contributed by atoms with Gasteiger partial charge in [0.15, 0.2) is 0 Å². The van der Waals surface area contributed by atoms with Gasteiger partial charge in [0, 0.05) is 23.0 Å². The molecular formula is C19H24N2O4. The first kappa shape index (κ1) is 17.5. The number of benzene rings is 1. The lowest BCUT2D eigenvalue weighted by molar-refractivity contribution is -0.136. The molecule has 3 rings (SSSR count). The number of morpholine rings is 1. The van der Waals surface area contributed by atoms with E-state index in [-0.39, 0.29) is 18.4 Å². The summed E-state index contributed by atoms with van der Waals surface area (Å²) >= 11 is 0. The van der Waals surface area contributed by atoms with Crippen molar-refractivity contribution in [2.24, 2.45) is 5.92 Å². The Kier molecular flexibility index (Phi) is 5.08. The van der Waals surface area contributed by atoms with Crippen LogP contribution < -0.4 is 0 Å². The lowest BCUT2D eigenvalue weighted by atomic mass is 10.0. The van der Waals surface area contributed by atoms with E-state index in [1.807, 2.05) is 29.2 Å². The zero-order chi connectivity index (χ0) is 18.0. The molecule has 0 radical (unpaired) electrons. The van der Waals surface area contributed by atoms with Crippen molar-refractivity contribution in [3.63, 3.8) is 0 Å². The Morgan fingerprint density at radius 3 is 2.84 bits per heavy atom. The van der Waals surface area contributed by atoms with Gasteiger partial charge in [0.25, 0.3) is 5.91 Å². The number of rotatable bonds is 5. The molecule has 1 aliphatic rings. The number of aromatic amines is 1. The average molecular weight is 344 g/mol. The molecular weight excluding hydrogens is 320 g/mol. The van der Waals surface area contributed by atoms with Crippen LogP contribution in [-0.4, -0.2) is 52.7 Å². The molecule has 0 aliphatic carbocycles. The van der Waals surface area contributed by atoms with Gasteiger partial charge in [-0.3, -0.25) is 9.59 Å². The van der Waals surface area contributed by atoms with Crippen LogP contribution in [0.25, 0.3) is 10.9 Å². The second kappa shape index (κ2) is 7.27. The first-order chi connectivity index (χ1) is 12.0. The fourth-order valence-corrected chi connectivity index (χ4v) is 3.52. The smallest absolute Gasteiger partial charge is 0.307 e. The molecule has 25 heavy (non-hydrogen) atoms. The number of amides is 1. The molecule has 1 aliphatic heterocycles. The summed E-state index contributed by atoms with van der Waals surface area (Å²) in [6, 6.07) is 7.46. The van der Waals surface area contributed by atoms with Gasteiger partial charge in [-0.05, 0) is 18.4 Å². The minimum atomic E-state index is -0.945.